The molecular weight excluding hydrogens is 427 g/mol. The van der Waals surface area contributed by atoms with Gasteiger partial charge in [-0.05, 0) is 49.1 Å². The average molecular weight is 450 g/mol. The summed E-state index contributed by atoms with van der Waals surface area (Å²) in [7, 11) is 1.88. The molecule has 5 aromatic rings. The van der Waals surface area contributed by atoms with Gasteiger partial charge in [-0.25, -0.2) is 9.97 Å². The van der Waals surface area contributed by atoms with Gasteiger partial charge in [-0.3, -0.25) is 14.5 Å². The van der Waals surface area contributed by atoms with Crippen LogP contribution in [-0.4, -0.2) is 39.7 Å². The summed E-state index contributed by atoms with van der Waals surface area (Å²) in [6.45, 7) is 0. The van der Waals surface area contributed by atoms with E-state index in [1.165, 1.54) is 25.7 Å². The van der Waals surface area contributed by atoms with Gasteiger partial charge in [-0.1, -0.05) is 18.9 Å². The molecule has 5 aromatic heterocycles. The molecule has 1 saturated carbocycles. The van der Waals surface area contributed by atoms with Crippen LogP contribution in [0.2, 0.25) is 0 Å². The monoisotopic (exact) mass is 450 g/mol. The predicted molar refractivity (Wildman–Crippen MR) is 122 cm³/mol. The fourth-order valence-electron chi connectivity index (χ4n) is 3.94. The van der Waals surface area contributed by atoms with Crippen molar-refractivity contribution in [1.29, 1.82) is 0 Å². The van der Waals surface area contributed by atoms with Gasteiger partial charge in [-0.15, -0.1) is 6.07 Å². The maximum absolute atomic E-state index is 12.5. The number of nitrogens with one attached hydrogen (secondary N) is 1. The molecule has 0 unspecified atom stereocenters. The first-order valence-corrected chi connectivity index (χ1v) is 10.6. The van der Waals surface area contributed by atoms with Crippen molar-refractivity contribution in [3.05, 3.63) is 78.0 Å². The summed E-state index contributed by atoms with van der Waals surface area (Å²) in [5.41, 5.74) is 2.76. The first kappa shape index (κ1) is 23.2. The van der Waals surface area contributed by atoms with Crippen LogP contribution in [0.1, 0.15) is 25.7 Å². The number of aryl methyl sites for hydroxylation is 1. The Morgan fingerprint density at radius 2 is 1.91 bits per heavy atom. The first-order valence-electron chi connectivity index (χ1n) is 10.6. The maximum atomic E-state index is 12.5. The van der Waals surface area contributed by atoms with Gasteiger partial charge in [-0.2, -0.15) is 0 Å². The molecule has 0 bridgehead atoms. The molecule has 0 saturated heterocycles. The smallest absolute Gasteiger partial charge is 0.414 e. The number of fused-ring (bicyclic) bond motifs is 2. The molecule has 0 spiro atoms. The Balaban J connectivity index is 0.000000217. The Kier molecular flexibility index (Phi) is 7.22. The quantitative estimate of drug-likeness (QED) is 0.307. The second-order valence-corrected chi connectivity index (χ2v) is 7.82. The van der Waals surface area contributed by atoms with Gasteiger partial charge in [0.25, 0.3) is 5.56 Å². The van der Waals surface area contributed by atoms with Crippen LogP contribution in [0.25, 0.3) is 22.4 Å². The van der Waals surface area contributed by atoms with E-state index in [-0.39, 0.29) is 35.1 Å². The number of anilines is 1. The third kappa shape index (κ3) is 5.00. The van der Waals surface area contributed by atoms with E-state index >= 15 is 0 Å². The fraction of sp³-hybridized carbons (Fsp3) is 0.261. The van der Waals surface area contributed by atoms with Crippen LogP contribution < -0.4 is 40.4 Å². The van der Waals surface area contributed by atoms with Crippen molar-refractivity contribution >= 4 is 22.5 Å². The molecule has 1 aliphatic carbocycles. The van der Waals surface area contributed by atoms with Gasteiger partial charge in [0.05, 0.1) is 23.7 Å². The summed E-state index contributed by atoms with van der Waals surface area (Å²) < 4.78 is 5.09. The zero-order chi connectivity index (χ0) is 21.9. The van der Waals surface area contributed by atoms with Gasteiger partial charge in [0, 0.05) is 25.5 Å². The Morgan fingerprint density at radius 3 is 2.67 bits per heavy atom. The van der Waals surface area contributed by atoms with Gasteiger partial charge in [0.2, 0.25) is 0 Å². The second kappa shape index (κ2) is 10.3. The topological polar surface area (TPSA) is 94.9 Å². The molecule has 1 aliphatic rings. The molecular formula is C23H23N8NaO. The Hall–Kier alpha value is -3.01. The van der Waals surface area contributed by atoms with Crippen molar-refractivity contribution in [1.82, 2.24) is 33.7 Å². The van der Waals surface area contributed by atoms with Gasteiger partial charge < -0.3 is 19.4 Å². The molecule has 33 heavy (non-hydrogen) atoms. The summed E-state index contributed by atoms with van der Waals surface area (Å²) in [5, 5.41) is 7.25. The Labute approximate surface area is 212 Å². The zero-order valence-corrected chi connectivity index (χ0v) is 20.7. The average Bonchev–Trinajstić information content (AvgIpc) is 3.57. The predicted octanol–water partition coefficient (Wildman–Crippen LogP) is 0.00719. The van der Waals surface area contributed by atoms with Crippen LogP contribution in [-0.2, 0) is 7.05 Å². The van der Waals surface area contributed by atoms with E-state index in [4.69, 9.17) is 0 Å². The van der Waals surface area contributed by atoms with E-state index in [1.54, 1.807) is 27.8 Å². The SMILES string of the molecule is Cn1cnc2c(=O)n(-c3ccc(NC4CCCC4)nc3)ccc21.[Na+].[c-]1nc2ccccn2n1. The van der Waals surface area contributed by atoms with Crippen LogP contribution in [0.4, 0.5) is 5.82 Å². The largest absolute Gasteiger partial charge is 1.00 e. The summed E-state index contributed by atoms with van der Waals surface area (Å²) in [6, 6.07) is 12.0. The van der Waals surface area contributed by atoms with Crippen molar-refractivity contribution in [3.63, 3.8) is 0 Å². The van der Waals surface area contributed by atoms with Crippen LogP contribution in [0, 0.1) is 6.33 Å². The van der Waals surface area contributed by atoms with Crippen molar-refractivity contribution in [2.75, 3.05) is 5.32 Å². The van der Waals surface area contributed by atoms with Gasteiger partial charge in [0.15, 0.2) is 5.52 Å². The second-order valence-electron chi connectivity index (χ2n) is 7.82. The number of nitrogens with zero attached hydrogens (tertiary/aromatic N) is 7. The standard InChI is InChI=1S/C17H19N5O.C6H4N3.Na/c1-21-11-19-16-14(21)8-9-22(17(16)23)13-6-7-15(18-10-13)20-12-4-2-3-5-12;1-2-4-9-6(3-1)7-5-8-9;/h6-12H,2-5H2,1H3,(H,18,20);1-4H;/q;-1;+1. The number of hydrogen-bond acceptors (Lipinski definition) is 6. The molecule has 0 amide bonds. The molecule has 5 heterocycles. The fourth-order valence-corrected chi connectivity index (χ4v) is 3.94. The summed E-state index contributed by atoms with van der Waals surface area (Å²) in [6.07, 6.45) is 14.5. The summed E-state index contributed by atoms with van der Waals surface area (Å²) in [5.74, 6) is 0.868. The zero-order valence-electron chi connectivity index (χ0n) is 18.7. The molecule has 1 N–H and O–H groups in total. The van der Waals surface area contributed by atoms with Gasteiger partial charge in [0.1, 0.15) is 5.82 Å². The van der Waals surface area contributed by atoms with E-state index in [0.29, 0.717) is 11.6 Å². The van der Waals surface area contributed by atoms with Crippen molar-refractivity contribution < 1.29 is 29.6 Å². The molecule has 0 aliphatic heterocycles. The normalized spacial score (nSPS) is 13.5. The minimum Gasteiger partial charge on any atom is -0.414 e. The molecule has 9 nitrogen and oxygen atoms in total. The van der Waals surface area contributed by atoms with E-state index in [9.17, 15) is 4.79 Å². The number of hydrogen-bond donors (Lipinski definition) is 1. The van der Waals surface area contributed by atoms with Crippen molar-refractivity contribution in [2.45, 2.75) is 31.7 Å². The summed E-state index contributed by atoms with van der Waals surface area (Å²) >= 11 is 0. The molecule has 10 heteroatoms. The number of aromatic nitrogens is 7. The Morgan fingerprint density at radius 1 is 1.06 bits per heavy atom. The molecule has 1 fully saturated rings. The van der Waals surface area contributed by atoms with Crippen LogP contribution >= 0.6 is 0 Å². The molecule has 0 aromatic carbocycles. The van der Waals surface area contributed by atoms with Gasteiger partial charge >= 0.3 is 29.6 Å². The molecule has 0 radical (unpaired) electrons. The summed E-state index contributed by atoms with van der Waals surface area (Å²) in [4.78, 5) is 25.0. The van der Waals surface area contributed by atoms with E-state index in [0.717, 1.165) is 22.7 Å². The molecule has 6 rings (SSSR count). The minimum atomic E-state index is -0.124. The van der Waals surface area contributed by atoms with Crippen LogP contribution in [0.3, 0.4) is 0 Å². The Bertz CT molecular complexity index is 1370. The number of imidazole rings is 1. The van der Waals surface area contributed by atoms with E-state index < -0.39 is 0 Å². The number of pyridine rings is 3. The minimum absolute atomic E-state index is 0. The van der Waals surface area contributed by atoms with Crippen molar-refractivity contribution in [2.24, 2.45) is 7.05 Å². The van der Waals surface area contributed by atoms with Crippen molar-refractivity contribution in [3.8, 4) is 5.69 Å². The van der Waals surface area contributed by atoms with Crippen LogP contribution in [0.15, 0.2) is 66.1 Å². The molecule has 0 atom stereocenters. The number of rotatable bonds is 3. The first-order chi connectivity index (χ1) is 15.7. The maximum Gasteiger partial charge on any atom is 1.00 e. The van der Waals surface area contributed by atoms with E-state index in [2.05, 4.69) is 31.7 Å². The third-order valence-electron chi connectivity index (χ3n) is 5.65. The van der Waals surface area contributed by atoms with Crippen LogP contribution in [0.5, 0.6) is 0 Å². The molecule has 162 valence electrons. The van der Waals surface area contributed by atoms with E-state index in [1.807, 2.05) is 54.2 Å². The third-order valence-corrected chi connectivity index (χ3v) is 5.65.